The number of carbonyl (C=O) groups is 1. The van der Waals surface area contributed by atoms with Crippen molar-refractivity contribution in [3.63, 3.8) is 0 Å². The maximum absolute atomic E-state index is 13.0. The summed E-state index contributed by atoms with van der Waals surface area (Å²) in [5, 5.41) is 14.0. The fourth-order valence-corrected chi connectivity index (χ4v) is 4.07. The minimum absolute atomic E-state index is 0.0475. The number of hydrogen-bond acceptors (Lipinski definition) is 10. The number of para-hydroxylation sites is 1. The van der Waals surface area contributed by atoms with Gasteiger partial charge in [0.15, 0.2) is 0 Å². The number of ether oxygens (including phenoxy) is 1. The normalized spacial score (nSPS) is 17.6. The van der Waals surface area contributed by atoms with Crippen LogP contribution in [-0.2, 0) is 9.53 Å². The topological polar surface area (TPSA) is 131 Å². The van der Waals surface area contributed by atoms with Crippen LogP contribution in [0.2, 0.25) is 0 Å². The van der Waals surface area contributed by atoms with Crippen molar-refractivity contribution in [2.24, 2.45) is 4.99 Å². The molecule has 0 bridgehead atoms. The fourth-order valence-electron chi connectivity index (χ4n) is 4.07. The monoisotopic (exact) mass is 482 g/mol. The number of carbonyl (C=O) groups excluding carboxylic acids is 1. The van der Waals surface area contributed by atoms with Gasteiger partial charge in [-0.15, -0.1) is 5.10 Å². The van der Waals surface area contributed by atoms with Crippen LogP contribution in [0.25, 0.3) is 11.6 Å². The summed E-state index contributed by atoms with van der Waals surface area (Å²) in [6.45, 7) is 2.86. The quantitative estimate of drug-likeness (QED) is 0.441. The number of aliphatic imine (C=N–C) groups is 1. The van der Waals surface area contributed by atoms with Crippen molar-refractivity contribution in [3.8, 4) is 11.6 Å². The van der Waals surface area contributed by atoms with E-state index in [0.717, 1.165) is 30.0 Å². The highest BCUT2D eigenvalue weighted by Crippen LogP contribution is 2.25. The lowest BCUT2D eigenvalue weighted by Gasteiger charge is -2.27. The first-order valence-electron chi connectivity index (χ1n) is 11.5. The molecule has 2 aromatic carbocycles. The highest BCUT2D eigenvalue weighted by Gasteiger charge is 2.27. The van der Waals surface area contributed by atoms with Crippen molar-refractivity contribution in [2.75, 3.05) is 41.8 Å². The zero-order valence-electron chi connectivity index (χ0n) is 19.2. The van der Waals surface area contributed by atoms with Gasteiger partial charge in [0, 0.05) is 24.2 Å². The molecule has 11 heteroatoms. The Hall–Kier alpha value is -4.64. The van der Waals surface area contributed by atoms with E-state index in [2.05, 4.69) is 35.7 Å². The SMILES string of the molecule is O=C1Nc2ccccc2C(c2ccccc2)=NC1Nc1nnc(-c2cnc(N3CCOCC3)cn2)o1. The van der Waals surface area contributed by atoms with E-state index in [0.29, 0.717) is 30.3 Å². The zero-order valence-corrected chi connectivity index (χ0v) is 19.2. The Labute approximate surface area is 206 Å². The van der Waals surface area contributed by atoms with Crippen molar-refractivity contribution < 1.29 is 13.9 Å². The molecular weight excluding hydrogens is 460 g/mol. The van der Waals surface area contributed by atoms with Gasteiger partial charge < -0.3 is 24.7 Å². The molecule has 36 heavy (non-hydrogen) atoms. The largest absolute Gasteiger partial charge is 0.402 e. The van der Waals surface area contributed by atoms with Gasteiger partial charge in [-0.25, -0.2) is 15.0 Å². The lowest BCUT2D eigenvalue weighted by molar-refractivity contribution is -0.116. The minimum Gasteiger partial charge on any atom is -0.402 e. The maximum Gasteiger partial charge on any atom is 0.317 e. The smallest absolute Gasteiger partial charge is 0.317 e. The molecular formula is C25H22N8O3. The van der Waals surface area contributed by atoms with E-state index in [9.17, 15) is 4.79 Å². The first-order chi connectivity index (χ1) is 17.7. The van der Waals surface area contributed by atoms with Gasteiger partial charge in [-0.2, -0.15) is 0 Å². The molecule has 0 saturated carbocycles. The summed E-state index contributed by atoms with van der Waals surface area (Å²) in [6.07, 6.45) is 2.27. The third-order valence-electron chi connectivity index (χ3n) is 5.87. The molecule has 180 valence electrons. The van der Waals surface area contributed by atoms with E-state index < -0.39 is 6.17 Å². The van der Waals surface area contributed by atoms with Crippen LogP contribution >= 0.6 is 0 Å². The Morgan fingerprint density at radius 1 is 0.944 bits per heavy atom. The number of anilines is 3. The van der Waals surface area contributed by atoms with E-state index in [1.165, 1.54) is 0 Å². The molecule has 0 aliphatic carbocycles. The second-order valence-corrected chi connectivity index (χ2v) is 8.20. The second kappa shape index (κ2) is 9.55. The van der Waals surface area contributed by atoms with Crippen LogP contribution in [-0.4, -0.2) is 64.3 Å². The van der Waals surface area contributed by atoms with Crippen molar-refractivity contribution in [3.05, 3.63) is 78.1 Å². The van der Waals surface area contributed by atoms with Crippen LogP contribution in [0, 0.1) is 0 Å². The molecule has 1 saturated heterocycles. The number of rotatable bonds is 5. The van der Waals surface area contributed by atoms with E-state index in [1.807, 2.05) is 54.6 Å². The molecule has 2 aliphatic heterocycles. The lowest BCUT2D eigenvalue weighted by Crippen LogP contribution is -2.36. The molecule has 0 spiro atoms. The fraction of sp³-hybridized carbons (Fsp3) is 0.200. The number of benzodiazepines with no additional fused rings is 1. The number of amides is 1. The van der Waals surface area contributed by atoms with E-state index in [1.54, 1.807) is 12.4 Å². The Kier molecular flexibility index (Phi) is 5.80. The third-order valence-corrected chi connectivity index (χ3v) is 5.87. The number of benzene rings is 2. The molecule has 0 radical (unpaired) electrons. The number of morpholine rings is 1. The van der Waals surface area contributed by atoms with Gasteiger partial charge in [0.05, 0.1) is 37.0 Å². The van der Waals surface area contributed by atoms with E-state index in [4.69, 9.17) is 14.1 Å². The molecule has 2 aliphatic rings. The Morgan fingerprint density at radius 2 is 1.75 bits per heavy atom. The summed E-state index contributed by atoms with van der Waals surface area (Å²) >= 11 is 0. The summed E-state index contributed by atoms with van der Waals surface area (Å²) in [5.41, 5.74) is 3.49. The predicted octanol–water partition coefficient (Wildman–Crippen LogP) is 2.59. The zero-order chi connectivity index (χ0) is 24.3. The highest BCUT2D eigenvalue weighted by atomic mass is 16.5. The third kappa shape index (κ3) is 4.39. The van der Waals surface area contributed by atoms with E-state index >= 15 is 0 Å². The van der Waals surface area contributed by atoms with Gasteiger partial charge in [-0.1, -0.05) is 53.6 Å². The van der Waals surface area contributed by atoms with Crippen molar-refractivity contribution in [1.82, 2.24) is 20.2 Å². The summed E-state index contributed by atoms with van der Waals surface area (Å²) in [5.74, 6) is 0.600. The molecule has 4 heterocycles. The lowest BCUT2D eigenvalue weighted by atomic mass is 10.0. The summed E-state index contributed by atoms with van der Waals surface area (Å²) in [4.78, 5) is 28.7. The molecule has 1 unspecified atom stereocenters. The molecule has 1 atom stereocenters. The summed E-state index contributed by atoms with van der Waals surface area (Å²) < 4.78 is 11.1. The Balaban J connectivity index is 1.25. The standard InChI is InChI=1S/C25H22N8O3/c34-23-22(29-21(16-6-2-1-3-7-16)17-8-4-5-9-18(17)28-23)30-25-32-31-24(36-25)19-14-27-20(15-26-19)33-10-12-35-13-11-33/h1-9,14-15,22H,10-13H2,(H,28,34)(H,30,32). The van der Waals surface area contributed by atoms with Gasteiger partial charge >= 0.3 is 6.01 Å². The summed E-state index contributed by atoms with van der Waals surface area (Å²) in [6, 6.07) is 17.3. The van der Waals surface area contributed by atoms with Crippen molar-refractivity contribution in [2.45, 2.75) is 6.17 Å². The maximum atomic E-state index is 13.0. The van der Waals surface area contributed by atoms with Gasteiger partial charge in [-0.05, 0) is 6.07 Å². The van der Waals surface area contributed by atoms with E-state index in [-0.39, 0.29) is 17.8 Å². The molecule has 2 N–H and O–H groups in total. The van der Waals surface area contributed by atoms with Gasteiger partial charge in [0.25, 0.3) is 11.8 Å². The Morgan fingerprint density at radius 3 is 2.56 bits per heavy atom. The van der Waals surface area contributed by atoms with Crippen LogP contribution in [0.1, 0.15) is 11.1 Å². The molecule has 4 aromatic rings. The minimum atomic E-state index is -0.990. The van der Waals surface area contributed by atoms with Gasteiger partial charge in [0.2, 0.25) is 6.17 Å². The molecule has 1 amide bonds. The van der Waals surface area contributed by atoms with Crippen LogP contribution in [0.5, 0.6) is 0 Å². The number of hydrogen-bond donors (Lipinski definition) is 2. The number of fused-ring (bicyclic) bond motifs is 1. The van der Waals surface area contributed by atoms with Crippen LogP contribution in [0.4, 0.5) is 17.5 Å². The van der Waals surface area contributed by atoms with Crippen molar-refractivity contribution >= 4 is 29.1 Å². The molecule has 6 rings (SSSR count). The predicted molar refractivity (Wildman–Crippen MR) is 133 cm³/mol. The van der Waals surface area contributed by atoms with Crippen LogP contribution in [0.15, 0.2) is 76.4 Å². The number of aromatic nitrogens is 4. The Bertz CT molecular complexity index is 1400. The van der Waals surface area contributed by atoms with Gasteiger partial charge in [0.1, 0.15) is 11.5 Å². The molecule has 2 aromatic heterocycles. The average Bonchev–Trinajstić information content (AvgIpc) is 3.36. The summed E-state index contributed by atoms with van der Waals surface area (Å²) in [7, 11) is 0. The first-order valence-corrected chi connectivity index (χ1v) is 11.5. The van der Waals surface area contributed by atoms with Crippen molar-refractivity contribution in [1.29, 1.82) is 0 Å². The van der Waals surface area contributed by atoms with Crippen LogP contribution in [0.3, 0.4) is 0 Å². The van der Waals surface area contributed by atoms with Gasteiger partial charge in [-0.3, -0.25) is 4.79 Å². The number of nitrogens with one attached hydrogen (secondary N) is 2. The number of nitrogens with zero attached hydrogens (tertiary/aromatic N) is 6. The molecule has 1 fully saturated rings. The molecule has 11 nitrogen and oxygen atoms in total. The highest BCUT2D eigenvalue weighted by molar-refractivity contribution is 6.19. The van der Waals surface area contributed by atoms with Crippen LogP contribution < -0.4 is 15.5 Å². The second-order valence-electron chi connectivity index (χ2n) is 8.20. The average molecular weight is 483 g/mol. The first kappa shape index (κ1) is 21.9.